The Balaban J connectivity index is 2.34. The van der Waals surface area contributed by atoms with E-state index in [1.54, 1.807) is 10.4 Å². The summed E-state index contributed by atoms with van der Waals surface area (Å²) >= 11 is 0. The highest BCUT2D eigenvalue weighted by Crippen LogP contribution is 2.27. The second kappa shape index (κ2) is 6.90. The van der Waals surface area contributed by atoms with Crippen LogP contribution in [0, 0.1) is 0 Å². The first-order chi connectivity index (χ1) is 10.0. The van der Waals surface area contributed by atoms with E-state index in [1.807, 2.05) is 19.1 Å². The number of nitrogens with one attached hydrogen (secondary N) is 1. The molecule has 1 unspecified atom stereocenters. The summed E-state index contributed by atoms with van der Waals surface area (Å²) in [5.74, 6) is 0. The van der Waals surface area contributed by atoms with E-state index in [1.165, 1.54) is 5.56 Å². The Morgan fingerprint density at radius 3 is 2.62 bits per heavy atom. The molecule has 21 heavy (non-hydrogen) atoms. The summed E-state index contributed by atoms with van der Waals surface area (Å²) in [5, 5.41) is 3.29. The van der Waals surface area contributed by atoms with Crippen LogP contribution in [0.1, 0.15) is 44.7 Å². The number of benzene rings is 1. The molecular formula is C16H26N2O2S. The Hall–Kier alpha value is -0.910. The van der Waals surface area contributed by atoms with Crippen LogP contribution in [-0.4, -0.2) is 31.9 Å². The van der Waals surface area contributed by atoms with Crippen LogP contribution in [0.2, 0.25) is 0 Å². The summed E-state index contributed by atoms with van der Waals surface area (Å²) in [6, 6.07) is 5.68. The molecule has 4 nitrogen and oxygen atoms in total. The third-order valence-corrected chi connectivity index (χ3v) is 6.23. The van der Waals surface area contributed by atoms with Crippen molar-refractivity contribution in [1.29, 1.82) is 0 Å². The Kier molecular flexibility index (Phi) is 5.41. The van der Waals surface area contributed by atoms with Crippen molar-refractivity contribution in [2.45, 2.75) is 57.5 Å². The molecule has 1 aliphatic heterocycles. The summed E-state index contributed by atoms with van der Waals surface area (Å²) in [4.78, 5) is 0.432. The predicted molar refractivity (Wildman–Crippen MR) is 85.8 cm³/mol. The third kappa shape index (κ3) is 3.47. The monoisotopic (exact) mass is 310 g/mol. The highest BCUT2D eigenvalue weighted by molar-refractivity contribution is 7.89. The molecule has 0 bridgehead atoms. The van der Waals surface area contributed by atoms with Gasteiger partial charge < -0.3 is 5.32 Å². The summed E-state index contributed by atoms with van der Waals surface area (Å²) < 4.78 is 27.2. The zero-order chi connectivity index (χ0) is 15.5. The zero-order valence-corrected chi connectivity index (χ0v) is 14.0. The van der Waals surface area contributed by atoms with E-state index in [4.69, 9.17) is 0 Å². The van der Waals surface area contributed by atoms with Gasteiger partial charge >= 0.3 is 0 Å². The average Bonchev–Trinajstić information content (AvgIpc) is 2.91. The van der Waals surface area contributed by atoms with Crippen LogP contribution in [0.4, 0.5) is 0 Å². The molecule has 2 rings (SSSR count). The van der Waals surface area contributed by atoms with E-state index in [0.717, 1.165) is 37.9 Å². The molecule has 1 N–H and O–H groups in total. The molecule has 1 aliphatic rings. The predicted octanol–water partition coefficient (Wildman–Crippen LogP) is 2.53. The Bertz CT molecular complexity index is 584. The molecule has 1 aromatic carbocycles. The topological polar surface area (TPSA) is 49.4 Å². The van der Waals surface area contributed by atoms with E-state index < -0.39 is 10.0 Å². The molecule has 0 aromatic heterocycles. The van der Waals surface area contributed by atoms with Crippen molar-refractivity contribution in [3.05, 3.63) is 29.3 Å². The van der Waals surface area contributed by atoms with Crippen molar-refractivity contribution in [3.8, 4) is 0 Å². The minimum atomic E-state index is -3.35. The third-order valence-electron chi connectivity index (χ3n) is 4.22. The molecule has 1 saturated heterocycles. The maximum Gasteiger partial charge on any atom is 0.243 e. The van der Waals surface area contributed by atoms with Crippen molar-refractivity contribution in [3.63, 3.8) is 0 Å². The fraction of sp³-hybridized carbons (Fsp3) is 0.625. The molecule has 0 spiro atoms. The van der Waals surface area contributed by atoms with Gasteiger partial charge in [-0.1, -0.05) is 19.9 Å². The first kappa shape index (κ1) is 16.5. The molecule has 1 aromatic rings. The number of rotatable bonds is 6. The van der Waals surface area contributed by atoms with Crippen molar-refractivity contribution < 1.29 is 8.42 Å². The highest BCUT2D eigenvalue weighted by atomic mass is 32.2. The van der Waals surface area contributed by atoms with Crippen LogP contribution in [-0.2, 0) is 23.0 Å². The molecule has 1 atom stereocenters. The molecule has 5 heteroatoms. The van der Waals surface area contributed by atoms with E-state index in [2.05, 4.69) is 19.2 Å². The van der Waals surface area contributed by atoms with Crippen LogP contribution in [0.25, 0.3) is 0 Å². The quantitative estimate of drug-likeness (QED) is 0.878. The number of hydrogen-bond donors (Lipinski definition) is 1. The molecule has 0 saturated carbocycles. The van der Waals surface area contributed by atoms with Gasteiger partial charge in [0, 0.05) is 19.1 Å². The van der Waals surface area contributed by atoms with Crippen LogP contribution in [0.15, 0.2) is 23.1 Å². The van der Waals surface area contributed by atoms with E-state index in [0.29, 0.717) is 11.4 Å². The lowest BCUT2D eigenvalue weighted by molar-refractivity contribution is 0.408. The van der Waals surface area contributed by atoms with Crippen molar-refractivity contribution in [1.82, 2.24) is 9.62 Å². The first-order valence-electron chi connectivity index (χ1n) is 7.85. The van der Waals surface area contributed by atoms with E-state index >= 15 is 0 Å². The van der Waals surface area contributed by atoms with E-state index in [9.17, 15) is 8.42 Å². The number of aryl methyl sites for hydroxylation is 1. The van der Waals surface area contributed by atoms with Gasteiger partial charge in [0.15, 0.2) is 0 Å². The number of nitrogens with zero attached hydrogens (tertiary/aromatic N) is 1. The standard InChI is InChI=1S/C16H26N2O2S/c1-4-14-8-9-16(11-15(14)12-17-5-2)21(19,20)18-10-6-7-13(18)3/h8-9,11,13,17H,4-7,10,12H2,1-3H3. The van der Waals surface area contributed by atoms with Gasteiger partial charge in [0.2, 0.25) is 10.0 Å². The minimum Gasteiger partial charge on any atom is -0.313 e. The lowest BCUT2D eigenvalue weighted by Crippen LogP contribution is -2.33. The van der Waals surface area contributed by atoms with Gasteiger partial charge in [-0.15, -0.1) is 0 Å². The van der Waals surface area contributed by atoms with Crippen LogP contribution < -0.4 is 5.32 Å². The largest absolute Gasteiger partial charge is 0.313 e. The summed E-state index contributed by atoms with van der Waals surface area (Å²) in [7, 11) is -3.35. The second-order valence-corrected chi connectivity index (χ2v) is 7.56. The van der Waals surface area contributed by atoms with Gasteiger partial charge in [0.05, 0.1) is 4.90 Å². The second-order valence-electron chi connectivity index (χ2n) is 5.67. The molecule has 0 amide bonds. The van der Waals surface area contributed by atoms with Crippen LogP contribution in [0.3, 0.4) is 0 Å². The van der Waals surface area contributed by atoms with Gasteiger partial charge in [-0.05, 0) is 56.0 Å². The molecule has 0 aliphatic carbocycles. The van der Waals surface area contributed by atoms with Gasteiger partial charge in [0.1, 0.15) is 0 Å². The number of hydrogen-bond acceptors (Lipinski definition) is 3. The van der Waals surface area contributed by atoms with Crippen molar-refractivity contribution >= 4 is 10.0 Å². The Morgan fingerprint density at radius 1 is 1.29 bits per heavy atom. The Labute approximate surface area is 128 Å². The Morgan fingerprint density at radius 2 is 2.05 bits per heavy atom. The minimum absolute atomic E-state index is 0.109. The SMILES string of the molecule is CCNCc1cc(S(=O)(=O)N2CCCC2C)ccc1CC. The van der Waals surface area contributed by atoms with Crippen LogP contribution >= 0.6 is 0 Å². The average molecular weight is 310 g/mol. The normalized spacial score (nSPS) is 20.0. The zero-order valence-electron chi connectivity index (χ0n) is 13.2. The van der Waals surface area contributed by atoms with Gasteiger partial charge in [-0.25, -0.2) is 8.42 Å². The fourth-order valence-electron chi connectivity index (χ4n) is 2.93. The first-order valence-corrected chi connectivity index (χ1v) is 9.29. The molecule has 1 heterocycles. The maximum atomic E-state index is 12.8. The lowest BCUT2D eigenvalue weighted by atomic mass is 10.1. The summed E-state index contributed by atoms with van der Waals surface area (Å²) in [5.41, 5.74) is 2.30. The molecule has 0 radical (unpaired) electrons. The van der Waals surface area contributed by atoms with Crippen molar-refractivity contribution in [2.24, 2.45) is 0 Å². The highest BCUT2D eigenvalue weighted by Gasteiger charge is 2.32. The molecule has 1 fully saturated rings. The van der Waals surface area contributed by atoms with Crippen molar-refractivity contribution in [2.75, 3.05) is 13.1 Å². The molecular weight excluding hydrogens is 284 g/mol. The lowest BCUT2D eigenvalue weighted by Gasteiger charge is -2.22. The van der Waals surface area contributed by atoms with Gasteiger partial charge in [-0.3, -0.25) is 0 Å². The number of sulfonamides is 1. The van der Waals surface area contributed by atoms with Crippen LogP contribution in [0.5, 0.6) is 0 Å². The summed E-state index contributed by atoms with van der Waals surface area (Å²) in [6.45, 7) is 8.38. The smallest absolute Gasteiger partial charge is 0.243 e. The van der Waals surface area contributed by atoms with Gasteiger partial charge in [0.25, 0.3) is 0 Å². The van der Waals surface area contributed by atoms with Gasteiger partial charge in [-0.2, -0.15) is 4.31 Å². The van der Waals surface area contributed by atoms with E-state index in [-0.39, 0.29) is 6.04 Å². The fourth-order valence-corrected chi connectivity index (χ4v) is 4.68. The maximum absolute atomic E-state index is 12.8. The molecule has 118 valence electrons. The summed E-state index contributed by atoms with van der Waals surface area (Å²) in [6.07, 6.45) is 2.83.